The Morgan fingerprint density at radius 1 is 1.07 bits per heavy atom. The number of hydrogen-bond acceptors (Lipinski definition) is 3. The number of carbonyl (C=O) groups excluding carboxylic acids is 1. The molecule has 0 N–H and O–H groups in total. The zero-order valence-corrected chi connectivity index (χ0v) is 16.4. The van der Waals surface area contributed by atoms with Crippen molar-refractivity contribution in [3.05, 3.63) is 64.9 Å². The summed E-state index contributed by atoms with van der Waals surface area (Å²) in [4.78, 5) is 17.0. The Balaban J connectivity index is 1.21. The van der Waals surface area contributed by atoms with Crippen LogP contribution in [-0.2, 0) is 4.79 Å². The van der Waals surface area contributed by atoms with Gasteiger partial charge in [0.2, 0.25) is 5.91 Å². The lowest BCUT2D eigenvalue weighted by Crippen LogP contribution is -2.50. The van der Waals surface area contributed by atoms with Gasteiger partial charge >= 0.3 is 0 Å². The SMILES string of the molecule is O=C(C1CC1c1ccccc1F)N1CCN(CCOc2ccccc2Cl)CC1. The number of rotatable bonds is 6. The van der Waals surface area contributed by atoms with Gasteiger partial charge in [0.25, 0.3) is 0 Å². The number of piperazine rings is 1. The van der Waals surface area contributed by atoms with Crippen molar-refractivity contribution in [2.75, 3.05) is 39.3 Å². The first-order valence-corrected chi connectivity index (χ1v) is 10.1. The van der Waals surface area contributed by atoms with Gasteiger partial charge in [-0.05, 0) is 36.1 Å². The number of para-hydroxylation sites is 1. The Hall–Kier alpha value is -2.11. The van der Waals surface area contributed by atoms with Crippen LogP contribution in [0.5, 0.6) is 5.75 Å². The molecule has 2 aromatic rings. The molecule has 4 rings (SSSR count). The van der Waals surface area contributed by atoms with Gasteiger partial charge in [-0.1, -0.05) is 41.9 Å². The van der Waals surface area contributed by atoms with Crippen LogP contribution in [0.1, 0.15) is 17.9 Å². The van der Waals surface area contributed by atoms with E-state index in [1.165, 1.54) is 6.07 Å². The van der Waals surface area contributed by atoms with Gasteiger partial charge in [0.15, 0.2) is 0 Å². The molecule has 2 aromatic carbocycles. The van der Waals surface area contributed by atoms with Crippen LogP contribution in [0.15, 0.2) is 48.5 Å². The van der Waals surface area contributed by atoms with Crippen molar-refractivity contribution in [1.82, 2.24) is 9.80 Å². The van der Waals surface area contributed by atoms with Crippen LogP contribution in [0.25, 0.3) is 0 Å². The lowest BCUT2D eigenvalue weighted by Gasteiger charge is -2.34. The van der Waals surface area contributed by atoms with Crippen molar-refractivity contribution in [2.45, 2.75) is 12.3 Å². The number of carbonyl (C=O) groups is 1. The van der Waals surface area contributed by atoms with Gasteiger partial charge in [0.1, 0.15) is 18.2 Å². The molecule has 1 aliphatic carbocycles. The second-order valence-corrected chi connectivity index (χ2v) is 7.82. The van der Waals surface area contributed by atoms with E-state index in [-0.39, 0.29) is 23.6 Å². The van der Waals surface area contributed by atoms with Crippen molar-refractivity contribution in [2.24, 2.45) is 5.92 Å². The topological polar surface area (TPSA) is 32.8 Å². The molecule has 0 spiro atoms. The number of hydrogen-bond donors (Lipinski definition) is 0. The Kier molecular flexibility index (Phi) is 5.83. The monoisotopic (exact) mass is 402 g/mol. The maximum absolute atomic E-state index is 13.9. The summed E-state index contributed by atoms with van der Waals surface area (Å²) >= 11 is 6.09. The summed E-state index contributed by atoms with van der Waals surface area (Å²) in [6, 6.07) is 14.2. The zero-order valence-electron chi connectivity index (χ0n) is 15.7. The van der Waals surface area contributed by atoms with Gasteiger partial charge in [0, 0.05) is 38.6 Å². The van der Waals surface area contributed by atoms with E-state index >= 15 is 0 Å². The van der Waals surface area contributed by atoms with Crippen LogP contribution < -0.4 is 4.74 Å². The van der Waals surface area contributed by atoms with Gasteiger partial charge in [-0.25, -0.2) is 4.39 Å². The van der Waals surface area contributed by atoms with E-state index in [4.69, 9.17) is 16.3 Å². The minimum atomic E-state index is -0.203. The largest absolute Gasteiger partial charge is 0.491 e. The van der Waals surface area contributed by atoms with E-state index in [0.29, 0.717) is 36.0 Å². The van der Waals surface area contributed by atoms with Crippen LogP contribution in [0, 0.1) is 11.7 Å². The minimum Gasteiger partial charge on any atom is -0.491 e. The first-order valence-electron chi connectivity index (χ1n) is 9.76. The number of benzene rings is 2. The van der Waals surface area contributed by atoms with E-state index in [9.17, 15) is 9.18 Å². The smallest absolute Gasteiger partial charge is 0.226 e. The van der Waals surface area contributed by atoms with Gasteiger partial charge < -0.3 is 9.64 Å². The second kappa shape index (κ2) is 8.50. The first-order chi connectivity index (χ1) is 13.6. The Labute approximate surface area is 169 Å². The summed E-state index contributed by atoms with van der Waals surface area (Å²) in [5, 5.41) is 0.617. The third-order valence-electron chi connectivity index (χ3n) is 5.60. The zero-order chi connectivity index (χ0) is 19.5. The van der Waals surface area contributed by atoms with Crippen LogP contribution >= 0.6 is 11.6 Å². The third kappa shape index (κ3) is 4.31. The number of amides is 1. The maximum atomic E-state index is 13.9. The Morgan fingerprint density at radius 3 is 2.54 bits per heavy atom. The Bertz CT molecular complexity index is 839. The van der Waals surface area contributed by atoms with Gasteiger partial charge in [-0.3, -0.25) is 9.69 Å². The summed E-state index contributed by atoms with van der Waals surface area (Å²) in [7, 11) is 0. The van der Waals surface area contributed by atoms with Crippen LogP contribution in [0.4, 0.5) is 4.39 Å². The molecule has 2 aliphatic rings. The predicted octanol–water partition coefficient (Wildman–Crippen LogP) is 3.81. The minimum absolute atomic E-state index is 0.0377. The molecule has 2 fully saturated rings. The maximum Gasteiger partial charge on any atom is 0.226 e. The number of ether oxygens (including phenoxy) is 1. The molecule has 2 unspecified atom stereocenters. The highest BCUT2D eigenvalue weighted by atomic mass is 35.5. The average Bonchev–Trinajstić information content (AvgIpc) is 3.50. The Morgan fingerprint density at radius 2 is 1.79 bits per heavy atom. The molecule has 1 saturated carbocycles. The van der Waals surface area contributed by atoms with E-state index in [1.807, 2.05) is 35.2 Å². The van der Waals surface area contributed by atoms with Gasteiger partial charge in [-0.2, -0.15) is 0 Å². The molecule has 1 amide bonds. The highest BCUT2D eigenvalue weighted by molar-refractivity contribution is 6.32. The molecule has 1 saturated heterocycles. The van der Waals surface area contributed by atoms with Gasteiger partial charge in [0.05, 0.1) is 5.02 Å². The van der Waals surface area contributed by atoms with E-state index in [0.717, 1.165) is 26.1 Å². The number of nitrogens with zero attached hydrogens (tertiary/aromatic N) is 2. The standard InChI is InChI=1S/C22H24ClFN2O2/c23-19-6-2-4-8-21(19)28-14-13-25-9-11-26(12-10-25)22(27)18-15-17(18)16-5-1-3-7-20(16)24/h1-8,17-18H,9-15H2. The third-order valence-corrected chi connectivity index (χ3v) is 5.91. The second-order valence-electron chi connectivity index (χ2n) is 7.42. The van der Waals surface area contributed by atoms with Crippen molar-refractivity contribution >= 4 is 17.5 Å². The number of halogens is 2. The van der Waals surface area contributed by atoms with Crippen molar-refractivity contribution in [3.63, 3.8) is 0 Å². The quantitative estimate of drug-likeness (QED) is 0.736. The molecule has 2 atom stereocenters. The lowest BCUT2D eigenvalue weighted by molar-refractivity contribution is -0.134. The highest BCUT2D eigenvalue weighted by Crippen LogP contribution is 2.49. The molecule has 0 aromatic heterocycles. The normalized spacial score (nSPS) is 22.1. The fourth-order valence-electron chi connectivity index (χ4n) is 3.86. The fourth-order valence-corrected chi connectivity index (χ4v) is 4.05. The van der Waals surface area contributed by atoms with Crippen LogP contribution in [0.3, 0.4) is 0 Å². The molecule has 28 heavy (non-hydrogen) atoms. The summed E-state index contributed by atoms with van der Waals surface area (Å²) in [6.45, 7) is 4.45. The summed E-state index contributed by atoms with van der Waals surface area (Å²) in [5.74, 6) is 0.639. The fraction of sp³-hybridized carbons (Fsp3) is 0.409. The summed E-state index contributed by atoms with van der Waals surface area (Å²) in [5.41, 5.74) is 0.677. The molecule has 1 heterocycles. The summed E-state index contributed by atoms with van der Waals surface area (Å²) in [6.07, 6.45) is 0.756. The lowest BCUT2D eigenvalue weighted by atomic mass is 10.1. The molecule has 1 aliphatic heterocycles. The average molecular weight is 403 g/mol. The molecule has 0 radical (unpaired) electrons. The van der Waals surface area contributed by atoms with Crippen molar-refractivity contribution in [1.29, 1.82) is 0 Å². The highest BCUT2D eigenvalue weighted by Gasteiger charge is 2.47. The van der Waals surface area contributed by atoms with E-state index in [1.54, 1.807) is 12.1 Å². The predicted molar refractivity (Wildman–Crippen MR) is 107 cm³/mol. The van der Waals surface area contributed by atoms with Crippen LogP contribution in [0.2, 0.25) is 5.02 Å². The summed E-state index contributed by atoms with van der Waals surface area (Å²) < 4.78 is 19.7. The molecular formula is C22H24ClFN2O2. The van der Waals surface area contributed by atoms with E-state index in [2.05, 4.69) is 4.90 Å². The van der Waals surface area contributed by atoms with E-state index < -0.39 is 0 Å². The molecule has 148 valence electrons. The molecule has 4 nitrogen and oxygen atoms in total. The molecule has 6 heteroatoms. The van der Waals surface area contributed by atoms with Gasteiger partial charge in [-0.15, -0.1) is 0 Å². The van der Waals surface area contributed by atoms with Crippen LogP contribution in [-0.4, -0.2) is 55.0 Å². The van der Waals surface area contributed by atoms with Crippen molar-refractivity contribution in [3.8, 4) is 5.75 Å². The molecular weight excluding hydrogens is 379 g/mol. The molecule has 0 bridgehead atoms. The van der Waals surface area contributed by atoms with Crippen molar-refractivity contribution < 1.29 is 13.9 Å². The first kappa shape index (κ1) is 19.2.